The number of hydrogen-bond acceptors (Lipinski definition) is 2. The first-order valence-corrected chi connectivity index (χ1v) is 4.62. The summed E-state index contributed by atoms with van der Waals surface area (Å²) in [4.78, 5) is 10.3. The van der Waals surface area contributed by atoms with Crippen molar-refractivity contribution < 1.29 is 27.8 Å². The molecule has 2 N–H and O–H groups in total. The van der Waals surface area contributed by atoms with Gasteiger partial charge in [-0.2, -0.15) is 0 Å². The lowest BCUT2D eigenvalue weighted by Gasteiger charge is -2.10. The molecule has 0 saturated carbocycles. The molecule has 0 saturated heterocycles. The molecular weight excluding hydrogens is 295 g/mol. The molecule has 0 atom stereocenters. The second-order valence-corrected chi connectivity index (χ2v) is 3.47. The molecule has 0 aliphatic heterocycles. The van der Waals surface area contributed by atoms with Crippen molar-refractivity contribution in [1.82, 2.24) is 0 Å². The van der Waals surface area contributed by atoms with E-state index in [0.717, 1.165) is 18.2 Å². The Balaban J connectivity index is 2.87. The maximum absolute atomic E-state index is 11.8. The first-order chi connectivity index (χ1) is 7.28. The molecule has 0 aliphatic rings. The number of ether oxygens (including phenoxy) is 1. The molecule has 88 valence electrons. The van der Waals surface area contributed by atoms with Crippen LogP contribution in [0.25, 0.3) is 0 Å². The van der Waals surface area contributed by atoms with E-state index < -0.39 is 18.2 Å². The summed E-state index contributed by atoms with van der Waals surface area (Å²) < 4.78 is 39.3. The number of benzene rings is 1. The Morgan fingerprint density at radius 2 is 2.06 bits per heavy atom. The van der Waals surface area contributed by atoms with Crippen molar-refractivity contribution >= 4 is 27.7 Å². The van der Waals surface area contributed by atoms with E-state index in [2.05, 4.69) is 20.7 Å². The number of hydrogen-bond donors (Lipinski definition) is 2. The summed E-state index contributed by atoms with van der Waals surface area (Å²) in [6.07, 6.45) is -6.09. The van der Waals surface area contributed by atoms with E-state index in [-0.39, 0.29) is 10.2 Å². The molecule has 4 nitrogen and oxygen atoms in total. The van der Waals surface area contributed by atoms with Crippen LogP contribution in [0.1, 0.15) is 0 Å². The van der Waals surface area contributed by atoms with Gasteiger partial charge in [0.2, 0.25) is 0 Å². The van der Waals surface area contributed by atoms with Crippen molar-refractivity contribution in [2.75, 3.05) is 5.32 Å². The number of carbonyl (C=O) groups is 1. The largest absolute Gasteiger partial charge is 0.573 e. The lowest BCUT2D eigenvalue weighted by Crippen LogP contribution is -2.17. The van der Waals surface area contributed by atoms with Crippen LogP contribution in [0, 0.1) is 0 Å². The van der Waals surface area contributed by atoms with Gasteiger partial charge in [0, 0.05) is 4.47 Å². The van der Waals surface area contributed by atoms with E-state index in [1.807, 2.05) is 5.32 Å². The summed E-state index contributed by atoms with van der Waals surface area (Å²) >= 11 is 2.91. The van der Waals surface area contributed by atoms with E-state index in [1.54, 1.807) is 0 Å². The molecule has 0 heterocycles. The molecule has 8 heteroatoms. The fourth-order valence-corrected chi connectivity index (χ4v) is 1.37. The Hall–Kier alpha value is -1.44. The van der Waals surface area contributed by atoms with Crippen LogP contribution in [0.2, 0.25) is 0 Å². The Morgan fingerprint density at radius 1 is 1.44 bits per heavy atom. The highest BCUT2D eigenvalue weighted by Gasteiger charge is 2.31. The fourth-order valence-electron chi connectivity index (χ4n) is 0.910. The van der Waals surface area contributed by atoms with Crippen LogP contribution in [0.5, 0.6) is 5.75 Å². The highest BCUT2D eigenvalue weighted by molar-refractivity contribution is 9.10. The fraction of sp³-hybridized carbons (Fsp3) is 0.125. The monoisotopic (exact) mass is 299 g/mol. The Morgan fingerprint density at radius 3 is 2.50 bits per heavy atom. The minimum absolute atomic E-state index is 0.127. The molecule has 1 rings (SSSR count). The van der Waals surface area contributed by atoms with Crippen LogP contribution < -0.4 is 10.1 Å². The van der Waals surface area contributed by atoms with Crippen molar-refractivity contribution in [3.05, 3.63) is 22.7 Å². The van der Waals surface area contributed by atoms with Crippen molar-refractivity contribution in [3.8, 4) is 5.75 Å². The molecule has 0 spiro atoms. The van der Waals surface area contributed by atoms with Gasteiger partial charge in [-0.3, -0.25) is 5.32 Å². The van der Waals surface area contributed by atoms with Crippen LogP contribution in [0.3, 0.4) is 0 Å². The Kier molecular flexibility index (Phi) is 3.63. The minimum Gasteiger partial charge on any atom is -0.465 e. The van der Waals surface area contributed by atoms with Crippen LogP contribution in [0.15, 0.2) is 22.7 Å². The van der Waals surface area contributed by atoms with E-state index >= 15 is 0 Å². The summed E-state index contributed by atoms with van der Waals surface area (Å²) in [5.41, 5.74) is 0.127. The van der Waals surface area contributed by atoms with Gasteiger partial charge in [-0.25, -0.2) is 4.79 Å². The van der Waals surface area contributed by atoms with Gasteiger partial charge < -0.3 is 9.84 Å². The average molecular weight is 300 g/mol. The lowest BCUT2D eigenvalue weighted by atomic mass is 10.3. The number of halogens is 4. The van der Waals surface area contributed by atoms with E-state index in [1.165, 1.54) is 0 Å². The van der Waals surface area contributed by atoms with E-state index in [4.69, 9.17) is 5.11 Å². The van der Waals surface area contributed by atoms with Crippen molar-refractivity contribution in [2.45, 2.75) is 6.36 Å². The standard InChI is InChI=1S/C8H5BrF3NO3/c9-5-3-4(16-8(10,11)12)1-2-6(5)13-7(14)15/h1-3,13H,(H,14,15). The number of amides is 1. The van der Waals surface area contributed by atoms with Gasteiger partial charge in [0.15, 0.2) is 0 Å². The second-order valence-electron chi connectivity index (χ2n) is 2.62. The SMILES string of the molecule is O=C(O)Nc1ccc(OC(F)(F)F)cc1Br. The predicted molar refractivity (Wildman–Crippen MR) is 52.5 cm³/mol. The quantitative estimate of drug-likeness (QED) is 0.879. The number of carboxylic acid groups (broad SMARTS) is 1. The van der Waals surface area contributed by atoms with Crippen molar-refractivity contribution in [3.63, 3.8) is 0 Å². The summed E-state index contributed by atoms with van der Waals surface area (Å²) in [6, 6.07) is 3.17. The molecule has 16 heavy (non-hydrogen) atoms. The van der Waals surface area contributed by atoms with Crippen molar-refractivity contribution in [1.29, 1.82) is 0 Å². The van der Waals surface area contributed by atoms with Crippen LogP contribution in [-0.2, 0) is 0 Å². The summed E-state index contributed by atoms with van der Waals surface area (Å²) in [5, 5.41) is 10.4. The van der Waals surface area contributed by atoms with Gasteiger partial charge in [0.05, 0.1) is 5.69 Å². The Labute approximate surface area is 96.1 Å². The maximum Gasteiger partial charge on any atom is 0.573 e. The predicted octanol–water partition coefficient (Wildman–Crippen LogP) is 3.44. The average Bonchev–Trinajstić information content (AvgIpc) is 2.06. The number of anilines is 1. The zero-order chi connectivity index (χ0) is 12.3. The molecule has 1 aromatic rings. The summed E-state index contributed by atoms with van der Waals surface area (Å²) in [5.74, 6) is -0.435. The molecule has 0 bridgehead atoms. The summed E-state index contributed by atoms with van der Waals surface area (Å²) in [6.45, 7) is 0. The third kappa shape index (κ3) is 3.97. The topological polar surface area (TPSA) is 58.6 Å². The number of rotatable bonds is 2. The van der Waals surface area contributed by atoms with Crippen LogP contribution in [-0.4, -0.2) is 17.6 Å². The number of nitrogens with one attached hydrogen (secondary N) is 1. The van der Waals surface area contributed by atoms with Crippen LogP contribution in [0.4, 0.5) is 23.7 Å². The molecular formula is C8H5BrF3NO3. The molecule has 1 aromatic carbocycles. The van der Waals surface area contributed by atoms with Gasteiger partial charge in [-0.15, -0.1) is 13.2 Å². The maximum atomic E-state index is 11.8. The molecule has 0 fully saturated rings. The molecule has 0 unspecified atom stereocenters. The zero-order valence-electron chi connectivity index (χ0n) is 7.51. The third-order valence-corrected chi connectivity index (χ3v) is 2.07. The molecule has 0 aromatic heterocycles. The first kappa shape index (κ1) is 12.6. The summed E-state index contributed by atoms with van der Waals surface area (Å²) in [7, 11) is 0. The Bertz CT molecular complexity index is 408. The van der Waals surface area contributed by atoms with Crippen molar-refractivity contribution in [2.24, 2.45) is 0 Å². The van der Waals surface area contributed by atoms with Crippen LogP contribution >= 0.6 is 15.9 Å². The molecule has 0 aliphatic carbocycles. The normalized spacial score (nSPS) is 11.0. The van der Waals surface area contributed by atoms with Gasteiger partial charge in [-0.1, -0.05) is 0 Å². The highest BCUT2D eigenvalue weighted by atomic mass is 79.9. The van der Waals surface area contributed by atoms with E-state index in [9.17, 15) is 18.0 Å². The van der Waals surface area contributed by atoms with Gasteiger partial charge in [0.1, 0.15) is 5.75 Å². The zero-order valence-corrected chi connectivity index (χ0v) is 9.09. The lowest BCUT2D eigenvalue weighted by molar-refractivity contribution is -0.274. The number of alkyl halides is 3. The smallest absolute Gasteiger partial charge is 0.465 e. The van der Waals surface area contributed by atoms with Gasteiger partial charge in [-0.05, 0) is 34.1 Å². The highest BCUT2D eigenvalue weighted by Crippen LogP contribution is 2.30. The minimum atomic E-state index is -4.78. The molecule has 0 radical (unpaired) electrons. The molecule has 1 amide bonds. The van der Waals surface area contributed by atoms with Gasteiger partial charge >= 0.3 is 12.5 Å². The second kappa shape index (κ2) is 4.60. The first-order valence-electron chi connectivity index (χ1n) is 3.83. The van der Waals surface area contributed by atoms with Gasteiger partial charge in [0.25, 0.3) is 0 Å². The third-order valence-electron chi connectivity index (χ3n) is 1.42. The van der Waals surface area contributed by atoms with E-state index in [0.29, 0.717) is 0 Å².